The minimum atomic E-state index is -0.656. The van der Waals surface area contributed by atoms with Crippen LogP contribution in [-0.2, 0) is 20.7 Å². The van der Waals surface area contributed by atoms with Gasteiger partial charge in [-0.3, -0.25) is 9.59 Å². The highest BCUT2D eigenvalue weighted by Crippen LogP contribution is 2.14. The molecule has 1 aromatic rings. The zero-order chi connectivity index (χ0) is 12.8. The Balaban J connectivity index is 2.63. The lowest BCUT2D eigenvalue weighted by Crippen LogP contribution is -2.27. The van der Waals surface area contributed by atoms with Crippen molar-refractivity contribution in [2.24, 2.45) is 5.92 Å². The molecule has 1 atom stereocenters. The molecule has 0 radical (unpaired) electrons. The molecule has 4 nitrogen and oxygen atoms in total. The lowest BCUT2D eigenvalue weighted by atomic mass is 9.98. The van der Waals surface area contributed by atoms with Gasteiger partial charge in [0.15, 0.2) is 5.78 Å². The van der Waals surface area contributed by atoms with Crippen LogP contribution in [0.3, 0.4) is 0 Å². The molecule has 0 aliphatic heterocycles. The summed E-state index contributed by atoms with van der Waals surface area (Å²) in [5, 5.41) is 2.78. The largest absolute Gasteiger partial charge is 0.465 e. The van der Waals surface area contributed by atoms with E-state index in [-0.39, 0.29) is 12.2 Å². The molecule has 1 aromatic heterocycles. The minimum absolute atomic E-state index is 0.115. The number of nitrogens with zero attached hydrogens (tertiary/aromatic N) is 1. The van der Waals surface area contributed by atoms with Crippen LogP contribution in [0.1, 0.15) is 31.0 Å². The van der Waals surface area contributed by atoms with Gasteiger partial charge in [-0.1, -0.05) is 6.92 Å². The van der Waals surface area contributed by atoms with Crippen LogP contribution in [0.25, 0.3) is 0 Å². The number of carbonyl (C=O) groups excluding carboxylic acids is 2. The van der Waals surface area contributed by atoms with Crippen molar-refractivity contribution in [3.63, 3.8) is 0 Å². The van der Waals surface area contributed by atoms with Crippen molar-refractivity contribution >= 4 is 23.1 Å². The first-order valence-corrected chi connectivity index (χ1v) is 6.56. The van der Waals surface area contributed by atoms with Crippen LogP contribution in [-0.4, -0.2) is 23.3 Å². The van der Waals surface area contributed by atoms with E-state index in [9.17, 15) is 9.59 Å². The summed E-state index contributed by atoms with van der Waals surface area (Å²) >= 11 is 1.50. The monoisotopic (exact) mass is 255 g/mol. The van der Waals surface area contributed by atoms with Crippen LogP contribution in [0.5, 0.6) is 0 Å². The standard InChI is InChI=1S/C12H17NO3S/c1-4-10(12(15)16-5-2)11(14)6-9-7-17-8(3)13-9/h7,10H,4-6H2,1-3H3. The van der Waals surface area contributed by atoms with Gasteiger partial charge in [0.25, 0.3) is 0 Å². The van der Waals surface area contributed by atoms with E-state index < -0.39 is 11.9 Å². The van der Waals surface area contributed by atoms with Crippen molar-refractivity contribution in [1.82, 2.24) is 4.98 Å². The van der Waals surface area contributed by atoms with Gasteiger partial charge in [-0.05, 0) is 20.3 Å². The molecule has 1 heterocycles. The molecule has 0 bridgehead atoms. The Kier molecular flexibility index (Phi) is 5.28. The predicted octanol–water partition coefficient (Wildman–Crippen LogP) is 2.15. The molecule has 0 fully saturated rings. The van der Waals surface area contributed by atoms with Crippen molar-refractivity contribution in [1.29, 1.82) is 0 Å². The fourth-order valence-corrected chi connectivity index (χ4v) is 2.17. The molecule has 0 aliphatic carbocycles. The van der Waals surface area contributed by atoms with E-state index in [1.165, 1.54) is 11.3 Å². The van der Waals surface area contributed by atoms with Crippen molar-refractivity contribution in [2.75, 3.05) is 6.61 Å². The van der Waals surface area contributed by atoms with E-state index in [1.54, 1.807) is 6.92 Å². The third-order valence-corrected chi connectivity index (χ3v) is 3.21. The third kappa shape index (κ3) is 3.93. The maximum atomic E-state index is 11.9. The second-order valence-corrected chi connectivity index (χ2v) is 4.78. The van der Waals surface area contributed by atoms with E-state index in [2.05, 4.69) is 4.98 Å². The molecule has 0 saturated heterocycles. The zero-order valence-electron chi connectivity index (χ0n) is 10.4. The number of hydrogen-bond acceptors (Lipinski definition) is 5. The number of rotatable bonds is 6. The second-order valence-electron chi connectivity index (χ2n) is 3.71. The molecule has 0 aliphatic rings. The number of ether oxygens (including phenoxy) is 1. The van der Waals surface area contributed by atoms with Gasteiger partial charge in [0.2, 0.25) is 0 Å². The summed E-state index contributed by atoms with van der Waals surface area (Å²) < 4.78 is 4.88. The summed E-state index contributed by atoms with van der Waals surface area (Å²) in [6.07, 6.45) is 0.683. The molecule has 0 N–H and O–H groups in total. The molecular formula is C12H17NO3S. The average Bonchev–Trinajstić information content (AvgIpc) is 2.65. The second kappa shape index (κ2) is 6.49. The average molecular weight is 255 g/mol. The first-order valence-electron chi connectivity index (χ1n) is 5.68. The number of Topliss-reactive ketones (excluding diaryl/α,β-unsaturated/α-hetero) is 1. The maximum absolute atomic E-state index is 11.9. The van der Waals surface area contributed by atoms with Gasteiger partial charge in [-0.2, -0.15) is 0 Å². The van der Waals surface area contributed by atoms with Gasteiger partial charge in [-0.25, -0.2) is 4.98 Å². The number of carbonyl (C=O) groups is 2. The van der Waals surface area contributed by atoms with E-state index in [0.717, 1.165) is 10.7 Å². The lowest BCUT2D eigenvalue weighted by molar-refractivity contribution is -0.151. The highest BCUT2D eigenvalue weighted by Gasteiger charge is 2.26. The number of hydrogen-bond donors (Lipinski definition) is 0. The lowest BCUT2D eigenvalue weighted by Gasteiger charge is -2.11. The number of esters is 1. The highest BCUT2D eigenvalue weighted by molar-refractivity contribution is 7.09. The molecule has 0 spiro atoms. The van der Waals surface area contributed by atoms with Gasteiger partial charge in [0, 0.05) is 5.38 Å². The Bertz CT molecular complexity index is 400. The van der Waals surface area contributed by atoms with E-state index in [1.807, 2.05) is 19.2 Å². The molecule has 17 heavy (non-hydrogen) atoms. The molecule has 0 amide bonds. The summed E-state index contributed by atoms with van der Waals surface area (Å²) in [6, 6.07) is 0. The van der Waals surface area contributed by atoms with Crippen molar-refractivity contribution < 1.29 is 14.3 Å². The Labute approximate surface area is 105 Å². The van der Waals surface area contributed by atoms with Crippen molar-refractivity contribution in [2.45, 2.75) is 33.6 Å². The first kappa shape index (κ1) is 13.8. The number of aromatic nitrogens is 1. The highest BCUT2D eigenvalue weighted by atomic mass is 32.1. The Morgan fingerprint density at radius 2 is 2.18 bits per heavy atom. The normalized spacial score (nSPS) is 12.2. The van der Waals surface area contributed by atoms with Crippen LogP contribution < -0.4 is 0 Å². The van der Waals surface area contributed by atoms with Gasteiger partial charge in [0.1, 0.15) is 5.92 Å². The molecule has 5 heteroatoms. The SMILES string of the molecule is CCOC(=O)C(CC)C(=O)Cc1csc(C)n1. The minimum Gasteiger partial charge on any atom is -0.465 e. The van der Waals surface area contributed by atoms with E-state index >= 15 is 0 Å². The van der Waals surface area contributed by atoms with E-state index in [4.69, 9.17) is 4.74 Å². The fourth-order valence-electron chi connectivity index (χ4n) is 1.56. The van der Waals surface area contributed by atoms with E-state index in [0.29, 0.717) is 13.0 Å². The van der Waals surface area contributed by atoms with Crippen LogP contribution in [0.15, 0.2) is 5.38 Å². The number of thiazole rings is 1. The molecule has 1 unspecified atom stereocenters. The fraction of sp³-hybridized carbons (Fsp3) is 0.583. The van der Waals surface area contributed by atoms with Crippen LogP contribution >= 0.6 is 11.3 Å². The van der Waals surface area contributed by atoms with Crippen molar-refractivity contribution in [3.8, 4) is 0 Å². The number of aryl methyl sites for hydroxylation is 1. The smallest absolute Gasteiger partial charge is 0.316 e. The maximum Gasteiger partial charge on any atom is 0.316 e. The predicted molar refractivity (Wildman–Crippen MR) is 66.0 cm³/mol. The molecule has 94 valence electrons. The van der Waals surface area contributed by atoms with Crippen molar-refractivity contribution in [3.05, 3.63) is 16.1 Å². The Morgan fingerprint density at radius 3 is 2.65 bits per heavy atom. The summed E-state index contributed by atoms with van der Waals surface area (Å²) in [5.74, 6) is -1.19. The topological polar surface area (TPSA) is 56.3 Å². The molecular weight excluding hydrogens is 238 g/mol. The van der Waals surface area contributed by atoms with Gasteiger partial charge in [0.05, 0.1) is 23.7 Å². The van der Waals surface area contributed by atoms with Crippen LogP contribution in [0.4, 0.5) is 0 Å². The summed E-state index contributed by atoms with van der Waals surface area (Å²) in [6.45, 7) is 5.74. The third-order valence-electron chi connectivity index (χ3n) is 2.39. The van der Waals surface area contributed by atoms with Gasteiger partial charge < -0.3 is 4.74 Å². The Morgan fingerprint density at radius 1 is 1.47 bits per heavy atom. The summed E-state index contributed by atoms with van der Waals surface area (Å²) in [4.78, 5) is 27.7. The molecule has 0 aromatic carbocycles. The van der Waals surface area contributed by atoms with Crippen LogP contribution in [0.2, 0.25) is 0 Å². The zero-order valence-corrected chi connectivity index (χ0v) is 11.2. The quantitative estimate of drug-likeness (QED) is 0.577. The van der Waals surface area contributed by atoms with Crippen LogP contribution in [0, 0.1) is 12.8 Å². The summed E-state index contributed by atoms with van der Waals surface area (Å²) in [7, 11) is 0. The number of ketones is 1. The van der Waals surface area contributed by atoms with Gasteiger partial charge >= 0.3 is 5.97 Å². The first-order chi connectivity index (χ1) is 8.08. The summed E-state index contributed by atoms with van der Waals surface area (Å²) in [5.41, 5.74) is 0.736. The molecule has 0 saturated carbocycles. The van der Waals surface area contributed by atoms with Gasteiger partial charge in [-0.15, -0.1) is 11.3 Å². The Hall–Kier alpha value is -1.23. The molecule has 1 rings (SSSR count).